The Labute approximate surface area is 125 Å². The molecule has 1 aliphatic heterocycles. The van der Waals surface area contributed by atoms with Gasteiger partial charge in [-0.2, -0.15) is 0 Å². The molecule has 7 heteroatoms. The monoisotopic (exact) mass is 304 g/mol. The number of aromatic nitrogens is 1. The Balaban J connectivity index is 2.01. The predicted molar refractivity (Wildman–Crippen MR) is 82.3 cm³/mol. The molecule has 2 aromatic heterocycles. The fourth-order valence-corrected chi connectivity index (χ4v) is 3.53. The first kappa shape index (κ1) is 13.8. The van der Waals surface area contributed by atoms with Gasteiger partial charge in [0, 0.05) is 24.2 Å². The highest BCUT2D eigenvalue weighted by atomic mass is 32.1. The molecule has 3 N–H and O–H groups in total. The van der Waals surface area contributed by atoms with Crippen LogP contribution in [0.4, 0.5) is 5.69 Å². The van der Waals surface area contributed by atoms with Gasteiger partial charge in [0.15, 0.2) is 0 Å². The topological polar surface area (TPSA) is 88.3 Å². The van der Waals surface area contributed by atoms with Crippen LogP contribution in [0.2, 0.25) is 0 Å². The predicted octanol–water partition coefficient (Wildman–Crippen LogP) is 1.15. The standard InChI is InChI=1S/C14H16N4O2S/c1-7-3-4-9-10(15)11(21-13(9)17-7)14(20)18-6-5-16-12(19)8(18)2/h3-4,8H,5-6,15H2,1-2H3,(H,16,19). The number of aryl methyl sites for hydroxylation is 1. The van der Waals surface area contributed by atoms with Crippen molar-refractivity contribution in [3.63, 3.8) is 0 Å². The third kappa shape index (κ3) is 2.23. The number of hydrogen-bond acceptors (Lipinski definition) is 5. The third-order valence-electron chi connectivity index (χ3n) is 3.69. The Morgan fingerprint density at radius 3 is 3.05 bits per heavy atom. The van der Waals surface area contributed by atoms with E-state index in [0.717, 1.165) is 15.9 Å². The van der Waals surface area contributed by atoms with Gasteiger partial charge in [0.1, 0.15) is 15.7 Å². The van der Waals surface area contributed by atoms with E-state index in [1.165, 1.54) is 11.3 Å². The van der Waals surface area contributed by atoms with Gasteiger partial charge in [0.05, 0.1) is 5.69 Å². The molecule has 0 bridgehead atoms. The molecule has 1 aliphatic rings. The number of carbonyl (C=O) groups excluding carboxylic acids is 2. The number of thiophene rings is 1. The summed E-state index contributed by atoms with van der Waals surface area (Å²) < 4.78 is 0. The van der Waals surface area contributed by atoms with E-state index >= 15 is 0 Å². The Hall–Kier alpha value is -2.15. The highest BCUT2D eigenvalue weighted by Gasteiger charge is 2.32. The zero-order valence-corrected chi connectivity index (χ0v) is 12.7. The van der Waals surface area contributed by atoms with Gasteiger partial charge >= 0.3 is 0 Å². The molecule has 21 heavy (non-hydrogen) atoms. The SMILES string of the molecule is Cc1ccc2c(N)c(C(=O)N3CCNC(=O)C3C)sc2n1. The van der Waals surface area contributed by atoms with Crippen LogP contribution in [-0.2, 0) is 4.79 Å². The second-order valence-corrected chi connectivity index (χ2v) is 6.11. The molecule has 0 saturated carbocycles. The largest absolute Gasteiger partial charge is 0.397 e. The van der Waals surface area contributed by atoms with Crippen molar-refractivity contribution in [1.29, 1.82) is 0 Å². The van der Waals surface area contributed by atoms with Gasteiger partial charge in [-0.1, -0.05) is 0 Å². The molecule has 2 amide bonds. The van der Waals surface area contributed by atoms with Crippen LogP contribution in [0.1, 0.15) is 22.3 Å². The summed E-state index contributed by atoms with van der Waals surface area (Å²) in [5.74, 6) is -0.334. The summed E-state index contributed by atoms with van der Waals surface area (Å²) in [4.78, 5) is 31.6. The van der Waals surface area contributed by atoms with E-state index in [1.54, 1.807) is 11.8 Å². The van der Waals surface area contributed by atoms with E-state index in [1.807, 2.05) is 19.1 Å². The van der Waals surface area contributed by atoms with Crippen LogP contribution in [0.5, 0.6) is 0 Å². The number of piperazine rings is 1. The molecule has 1 fully saturated rings. The van der Waals surface area contributed by atoms with Crippen LogP contribution < -0.4 is 11.1 Å². The molecular weight excluding hydrogens is 288 g/mol. The van der Waals surface area contributed by atoms with Crippen LogP contribution in [0, 0.1) is 6.92 Å². The summed E-state index contributed by atoms with van der Waals surface area (Å²) in [5.41, 5.74) is 7.43. The zero-order chi connectivity index (χ0) is 15.1. The van der Waals surface area contributed by atoms with Crippen molar-refractivity contribution in [2.24, 2.45) is 0 Å². The maximum absolute atomic E-state index is 12.7. The van der Waals surface area contributed by atoms with Gasteiger partial charge in [-0.25, -0.2) is 4.98 Å². The molecule has 0 spiro atoms. The fourth-order valence-electron chi connectivity index (χ4n) is 2.44. The van der Waals surface area contributed by atoms with E-state index in [4.69, 9.17) is 5.73 Å². The number of nitrogens with zero attached hydrogens (tertiary/aromatic N) is 2. The zero-order valence-electron chi connectivity index (χ0n) is 11.8. The van der Waals surface area contributed by atoms with Gasteiger partial charge in [-0.05, 0) is 26.0 Å². The van der Waals surface area contributed by atoms with Gasteiger partial charge in [0.25, 0.3) is 5.91 Å². The first-order chi connectivity index (χ1) is 9.99. The smallest absolute Gasteiger partial charge is 0.266 e. The van der Waals surface area contributed by atoms with Gasteiger partial charge < -0.3 is 16.0 Å². The van der Waals surface area contributed by atoms with Crippen molar-refractivity contribution >= 4 is 39.1 Å². The second-order valence-electron chi connectivity index (χ2n) is 5.12. The number of anilines is 1. The lowest BCUT2D eigenvalue weighted by molar-refractivity contribution is -0.127. The summed E-state index contributed by atoms with van der Waals surface area (Å²) in [6, 6.07) is 3.27. The molecule has 2 aromatic rings. The molecule has 110 valence electrons. The average molecular weight is 304 g/mol. The number of nitrogens with one attached hydrogen (secondary N) is 1. The Morgan fingerprint density at radius 2 is 2.29 bits per heavy atom. The molecule has 0 radical (unpaired) electrons. The van der Waals surface area contributed by atoms with Crippen molar-refractivity contribution in [1.82, 2.24) is 15.2 Å². The summed E-state index contributed by atoms with van der Waals surface area (Å²) in [7, 11) is 0. The van der Waals surface area contributed by atoms with Crippen LogP contribution in [0.25, 0.3) is 10.2 Å². The minimum Gasteiger partial charge on any atom is -0.397 e. The van der Waals surface area contributed by atoms with Crippen molar-refractivity contribution in [2.45, 2.75) is 19.9 Å². The third-order valence-corrected chi connectivity index (χ3v) is 4.79. The summed E-state index contributed by atoms with van der Waals surface area (Å²) in [6.45, 7) is 4.58. The van der Waals surface area contributed by atoms with E-state index in [2.05, 4.69) is 10.3 Å². The van der Waals surface area contributed by atoms with E-state index in [-0.39, 0.29) is 11.8 Å². The lowest BCUT2D eigenvalue weighted by atomic mass is 10.2. The number of amides is 2. The number of rotatable bonds is 1. The average Bonchev–Trinajstić information content (AvgIpc) is 2.78. The number of pyridine rings is 1. The van der Waals surface area contributed by atoms with Crippen LogP contribution >= 0.6 is 11.3 Å². The molecule has 3 heterocycles. The van der Waals surface area contributed by atoms with Crippen LogP contribution in [-0.4, -0.2) is 40.8 Å². The Bertz CT molecular complexity index is 740. The first-order valence-electron chi connectivity index (χ1n) is 6.73. The Kier molecular flexibility index (Phi) is 3.29. The number of hydrogen-bond donors (Lipinski definition) is 2. The molecule has 6 nitrogen and oxygen atoms in total. The minimum atomic E-state index is -0.481. The molecule has 0 aromatic carbocycles. The number of nitrogens with two attached hydrogens (primary N) is 1. The summed E-state index contributed by atoms with van der Waals surface area (Å²) in [6.07, 6.45) is 0. The molecule has 3 rings (SSSR count). The summed E-state index contributed by atoms with van der Waals surface area (Å²) in [5, 5.41) is 3.54. The Morgan fingerprint density at radius 1 is 1.52 bits per heavy atom. The number of fused-ring (bicyclic) bond motifs is 1. The van der Waals surface area contributed by atoms with E-state index in [0.29, 0.717) is 23.7 Å². The van der Waals surface area contributed by atoms with E-state index in [9.17, 15) is 9.59 Å². The van der Waals surface area contributed by atoms with Crippen molar-refractivity contribution < 1.29 is 9.59 Å². The maximum atomic E-state index is 12.7. The van der Waals surface area contributed by atoms with Crippen LogP contribution in [0.3, 0.4) is 0 Å². The normalized spacial score (nSPS) is 18.9. The number of carbonyl (C=O) groups is 2. The first-order valence-corrected chi connectivity index (χ1v) is 7.55. The lowest BCUT2D eigenvalue weighted by Gasteiger charge is -2.32. The number of nitrogen functional groups attached to an aromatic ring is 1. The van der Waals surface area contributed by atoms with Crippen LogP contribution in [0.15, 0.2) is 12.1 Å². The molecular formula is C14H16N4O2S. The fraction of sp³-hybridized carbons (Fsp3) is 0.357. The van der Waals surface area contributed by atoms with Crippen molar-refractivity contribution in [2.75, 3.05) is 18.8 Å². The maximum Gasteiger partial charge on any atom is 0.266 e. The summed E-state index contributed by atoms with van der Waals surface area (Å²) >= 11 is 1.28. The van der Waals surface area contributed by atoms with Crippen molar-refractivity contribution in [3.05, 3.63) is 22.7 Å². The molecule has 0 aliphatic carbocycles. The second kappa shape index (κ2) is 5.00. The van der Waals surface area contributed by atoms with Gasteiger partial charge in [0.2, 0.25) is 5.91 Å². The van der Waals surface area contributed by atoms with Gasteiger partial charge in [-0.15, -0.1) is 11.3 Å². The van der Waals surface area contributed by atoms with Crippen molar-refractivity contribution in [3.8, 4) is 0 Å². The molecule has 1 unspecified atom stereocenters. The molecule has 1 saturated heterocycles. The lowest BCUT2D eigenvalue weighted by Crippen LogP contribution is -2.55. The minimum absolute atomic E-state index is 0.136. The highest BCUT2D eigenvalue weighted by molar-refractivity contribution is 7.21. The van der Waals surface area contributed by atoms with E-state index < -0.39 is 6.04 Å². The highest BCUT2D eigenvalue weighted by Crippen LogP contribution is 2.33. The van der Waals surface area contributed by atoms with Gasteiger partial charge in [-0.3, -0.25) is 9.59 Å². The quantitative estimate of drug-likeness (QED) is 0.827. The molecule has 1 atom stereocenters.